The van der Waals surface area contributed by atoms with Gasteiger partial charge in [-0.15, -0.1) is 10.2 Å². The Labute approximate surface area is 186 Å². The maximum atomic E-state index is 12.6. The molecule has 162 valence electrons. The van der Waals surface area contributed by atoms with Crippen LogP contribution in [0.15, 0.2) is 28.6 Å². The number of nitrogens with zero attached hydrogens (tertiary/aromatic N) is 2. The first-order valence-corrected chi connectivity index (χ1v) is 12.2. The van der Waals surface area contributed by atoms with Crippen molar-refractivity contribution in [3.8, 4) is 5.75 Å². The van der Waals surface area contributed by atoms with Crippen molar-refractivity contribution in [3.63, 3.8) is 0 Å². The van der Waals surface area contributed by atoms with E-state index < -0.39 is 0 Å². The smallest absolute Gasteiger partial charge is 0.230 e. The quantitative estimate of drug-likeness (QED) is 0.578. The molecule has 0 spiro atoms. The zero-order valence-electron chi connectivity index (χ0n) is 18.0. The second-order valence-electron chi connectivity index (χ2n) is 9.09. The highest BCUT2D eigenvalue weighted by atomic mass is 32.2. The first kappa shape index (κ1) is 21.4. The summed E-state index contributed by atoms with van der Waals surface area (Å²) in [4.78, 5) is 12.6. The van der Waals surface area contributed by atoms with Crippen molar-refractivity contribution in [2.75, 3.05) is 18.2 Å². The molecule has 2 saturated carbocycles. The van der Waals surface area contributed by atoms with Crippen molar-refractivity contribution < 1.29 is 9.53 Å². The number of carbonyl (C=O) groups is 1. The third kappa shape index (κ3) is 4.04. The van der Waals surface area contributed by atoms with E-state index in [4.69, 9.17) is 4.74 Å². The summed E-state index contributed by atoms with van der Waals surface area (Å²) in [6.45, 7) is 7.76. The van der Waals surface area contributed by atoms with E-state index in [1.165, 1.54) is 35.9 Å². The Morgan fingerprint density at radius 1 is 1.27 bits per heavy atom. The van der Waals surface area contributed by atoms with E-state index in [1.807, 2.05) is 24.3 Å². The molecule has 0 radical (unpaired) electrons. The summed E-state index contributed by atoms with van der Waals surface area (Å²) in [6.07, 6.45) is 3.61. The van der Waals surface area contributed by atoms with Gasteiger partial charge in [0.15, 0.2) is 4.34 Å². The van der Waals surface area contributed by atoms with Gasteiger partial charge in [0.25, 0.3) is 0 Å². The summed E-state index contributed by atoms with van der Waals surface area (Å²) in [5, 5.41) is 15.7. The number of rotatable bonds is 8. The second-order valence-corrected chi connectivity index (χ2v) is 11.3. The number of methoxy groups -OCH3 is 1. The molecule has 3 unspecified atom stereocenters. The molecule has 4 rings (SSSR count). The standard InChI is InChI=1S/C22H30N4O2S2/c1-21(2)15-9-10-22(21,3)17(11-15)24-18(27)13-29-20-26-25-19(30-20)23-12-14-5-7-16(28-4)8-6-14/h5-8,15,17H,9-13H2,1-4H3,(H,23,25)(H,24,27). The molecule has 2 aromatic rings. The van der Waals surface area contributed by atoms with Crippen LogP contribution in [0.3, 0.4) is 0 Å². The molecule has 6 nitrogen and oxygen atoms in total. The number of nitrogens with one attached hydrogen (secondary N) is 2. The molecule has 2 bridgehead atoms. The largest absolute Gasteiger partial charge is 0.497 e. The molecular formula is C22H30N4O2S2. The number of anilines is 1. The van der Waals surface area contributed by atoms with Gasteiger partial charge in [0.2, 0.25) is 11.0 Å². The van der Waals surface area contributed by atoms with Crippen molar-refractivity contribution in [1.29, 1.82) is 0 Å². The van der Waals surface area contributed by atoms with Crippen LogP contribution in [-0.2, 0) is 11.3 Å². The topological polar surface area (TPSA) is 76.1 Å². The number of aromatic nitrogens is 2. The molecule has 1 amide bonds. The zero-order valence-corrected chi connectivity index (χ0v) is 19.7. The summed E-state index contributed by atoms with van der Waals surface area (Å²) in [5.41, 5.74) is 1.66. The van der Waals surface area contributed by atoms with Gasteiger partial charge in [-0.25, -0.2) is 0 Å². The van der Waals surface area contributed by atoms with Crippen LogP contribution in [0.25, 0.3) is 0 Å². The van der Waals surface area contributed by atoms with Crippen LogP contribution in [0.1, 0.15) is 45.6 Å². The van der Waals surface area contributed by atoms with Gasteiger partial charge in [0, 0.05) is 12.6 Å². The fourth-order valence-electron chi connectivity index (χ4n) is 5.05. The summed E-state index contributed by atoms with van der Waals surface area (Å²) in [5.74, 6) is 2.04. The third-order valence-electron chi connectivity index (χ3n) is 7.47. The Hall–Kier alpha value is -1.80. The number of hydrogen-bond donors (Lipinski definition) is 2. The molecule has 1 aromatic carbocycles. The zero-order chi connectivity index (χ0) is 21.4. The van der Waals surface area contributed by atoms with Crippen LogP contribution < -0.4 is 15.4 Å². The maximum absolute atomic E-state index is 12.6. The fourth-order valence-corrected chi connectivity index (χ4v) is 6.60. The van der Waals surface area contributed by atoms with Crippen molar-refractivity contribution in [3.05, 3.63) is 29.8 Å². The van der Waals surface area contributed by atoms with Gasteiger partial charge in [-0.3, -0.25) is 4.79 Å². The molecule has 2 fully saturated rings. The van der Waals surface area contributed by atoms with Crippen LogP contribution in [-0.4, -0.2) is 35.0 Å². The van der Waals surface area contributed by atoms with E-state index in [-0.39, 0.29) is 17.4 Å². The predicted molar refractivity (Wildman–Crippen MR) is 122 cm³/mol. The molecule has 2 aliphatic rings. The minimum atomic E-state index is 0.0949. The van der Waals surface area contributed by atoms with Crippen LogP contribution in [0.2, 0.25) is 0 Å². The van der Waals surface area contributed by atoms with E-state index >= 15 is 0 Å². The van der Waals surface area contributed by atoms with E-state index in [0.29, 0.717) is 17.7 Å². The molecule has 2 aliphatic carbocycles. The minimum Gasteiger partial charge on any atom is -0.497 e. The van der Waals surface area contributed by atoms with E-state index in [0.717, 1.165) is 33.1 Å². The SMILES string of the molecule is COc1ccc(CNc2nnc(SCC(=O)NC3CC4CCC3(C)C4(C)C)s2)cc1. The van der Waals surface area contributed by atoms with E-state index in [1.54, 1.807) is 7.11 Å². The van der Waals surface area contributed by atoms with Crippen LogP contribution in [0.5, 0.6) is 5.75 Å². The fraction of sp³-hybridized carbons (Fsp3) is 0.591. The Kier molecular flexibility index (Phi) is 5.99. The van der Waals surface area contributed by atoms with Gasteiger partial charge >= 0.3 is 0 Å². The van der Waals surface area contributed by atoms with Gasteiger partial charge < -0.3 is 15.4 Å². The lowest BCUT2D eigenvalue weighted by molar-refractivity contribution is -0.120. The highest BCUT2D eigenvalue weighted by Crippen LogP contribution is 2.65. The minimum absolute atomic E-state index is 0.0949. The molecule has 0 aliphatic heterocycles. The molecule has 0 saturated heterocycles. The number of ether oxygens (including phenoxy) is 1. The molecule has 2 N–H and O–H groups in total. The maximum Gasteiger partial charge on any atom is 0.230 e. The lowest BCUT2D eigenvalue weighted by Gasteiger charge is -2.39. The average molecular weight is 447 g/mol. The lowest BCUT2D eigenvalue weighted by atomic mass is 9.69. The summed E-state index contributed by atoms with van der Waals surface area (Å²) in [7, 11) is 1.66. The van der Waals surface area contributed by atoms with Crippen molar-refractivity contribution in [1.82, 2.24) is 15.5 Å². The number of fused-ring (bicyclic) bond motifs is 2. The summed E-state index contributed by atoms with van der Waals surface area (Å²) in [6, 6.07) is 8.20. The van der Waals surface area contributed by atoms with Crippen LogP contribution in [0, 0.1) is 16.7 Å². The van der Waals surface area contributed by atoms with Gasteiger partial charge in [-0.2, -0.15) is 0 Å². The number of carbonyl (C=O) groups excluding carboxylic acids is 1. The monoisotopic (exact) mass is 446 g/mol. The van der Waals surface area contributed by atoms with Crippen LogP contribution in [0.4, 0.5) is 5.13 Å². The molecule has 8 heteroatoms. The number of hydrogen-bond acceptors (Lipinski definition) is 7. The first-order chi connectivity index (χ1) is 14.3. The van der Waals surface area contributed by atoms with E-state index in [9.17, 15) is 4.79 Å². The van der Waals surface area contributed by atoms with Crippen molar-refractivity contribution in [2.24, 2.45) is 16.7 Å². The normalized spacial score (nSPS) is 26.5. The van der Waals surface area contributed by atoms with Gasteiger partial charge in [-0.05, 0) is 53.7 Å². The van der Waals surface area contributed by atoms with Crippen LogP contribution >= 0.6 is 23.1 Å². The number of benzene rings is 1. The predicted octanol–water partition coefficient (Wildman–Crippen LogP) is 4.58. The molecule has 3 atom stereocenters. The van der Waals surface area contributed by atoms with Crippen molar-refractivity contribution >= 4 is 34.1 Å². The molecular weight excluding hydrogens is 416 g/mol. The molecule has 1 aromatic heterocycles. The van der Waals surface area contributed by atoms with Gasteiger partial charge in [0.05, 0.1) is 12.9 Å². The highest BCUT2D eigenvalue weighted by molar-refractivity contribution is 8.01. The Bertz CT molecular complexity index is 899. The number of amides is 1. The molecule has 1 heterocycles. The Morgan fingerprint density at radius 3 is 2.67 bits per heavy atom. The third-order valence-corrected chi connectivity index (χ3v) is 9.48. The summed E-state index contributed by atoms with van der Waals surface area (Å²) >= 11 is 2.94. The van der Waals surface area contributed by atoms with Gasteiger partial charge in [0.1, 0.15) is 5.75 Å². The average Bonchev–Trinajstić information content (AvgIpc) is 3.33. The summed E-state index contributed by atoms with van der Waals surface area (Å²) < 4.78 is 5.98. The highest BCUT2D eigenvalue weighted by Gasteiger charge is 2.61. The van der Waals surface area contributed by atoms with E-state index in [2.05, 4.69) is 41.6 Å². The van der Waals surface area contributed by atoms with Crippen molar-refractivity contribution in [2.45, 2.75) is 57.0 Å². The second kappa shape index (κ2) is 8.38. The Balaban J connectivity index is 1.24. The first-order valence-electron chi connectivity index (χ1n) is 10.4. The molecule has 30 heavy (non-hydrogen) atoms. The Morgan fingerprint density at radius 2 is 2.03 bits per heavy atom. The lowest BCUT2D eigenvalue weighted by Crippen LogP contribution is -2.47. The van der Waals surface area contributed by atoms with Gasteiger partial charge in [-0.1, -0.05) is 56.0 Å². The number of thioether (sulfide) groups is 1.